The quantitative estimate of drug-likeness (QED) is 0.595. The Kier molecular flexibility index (Phi) is 6.71. The number of carbonyl (C=O) groups excluding carboxylic acids is 1. The Morgan fingerprint density at radius 1 is 1.41 bits per heavy atom. The van der Waals surface area contributed by atoms with Crippen LogP contribution < -0.4 is 15.4 Å². The molecule has 0 aliphatic carbocycles. The minimum Gasteiger partial charge on any atom is -0.490 e. The third kappa shape index (κ3) is 5.02. The summed E-state index contributed by atoms with van der Waals surface area (Å²) in [6.45, 7) is 3.20. The zero-order valence-corrected chi connectivity index (χ0v) is 13.4. The van der Waals surface area contributed by atoms with Gasteiger partial charge in [-0.2, -0.15) is 0 Å². The summed E-state index contributed by atoms with van der Waals surface area (Å²) >= 11 is 5.99. The number of methoxy groups -OCH3 is 1. The molecule has 1 aromatic rings. The maximum Gasteiger partial charge on any atom is 0.255 e. The molecular weight excluding hydrogens is 304 g/mol. The summed E-state index contributed by atoms with van der Waals surface area (Å²) in [6.07, 6.45) is 3.06. The molecule has 0 fully saturated rings. The number of ether oxygens (including phenoxy) is 2. The van der Waals surface area contributed by atoms with E-state index in [9.17, 15) is 4.79 Å². The normalized spacial score (nSPS) is 14.4. The molecule has 0 saturated carbocycles. The summed E-state index contributed by atoms with van der Waals surface area (Å²) in [5.41, 5.74) is 1.68. The van der Waals surface area contributed by atoms with Gasteiger partial charge in [-0.15, -0.1) is 0 Å². The van der Waals surface area contributed by atoms with Crippen molar-refractivity contribution in [3.05, 3.63) is 40.4 Å². The number of hydrogen-bond donors (Lipinski definition) is 2. The Balaban J connectivity index is 2.00. The van der Waals surface area contributed by atoms with Crippen LogP contribution in [0.3, 0.4) is 0 Å². The largest absolute Gasteiger partial charge is 0.490 e. The lowest BCUT2D eigenvalue weighted by molar-refractivity contribution is 0.0949. The number of rotatable bonds is 7. The fourth-order valence-corrected chi connectivity index (χ4v) is 2.33. The van der Waals surface area contributed by atoms with Gasteiger partial charge in [0.05, 0.1) is 12.2 Å². The van der Waals surface area contributed by atoms with Gasteiger partial charge in [0, 0.05) is 25.2 Å². The highest BCUT2D eigenvalue weighted by molar-refractivity contribution is 6.31. The van der Waals surface area contributed by atoms with E-state index in [4.69, 9.17) is 21.1 Å². The van der Waals surface area contributed by atoms with Crippen molar-refractivity contribution in [1.29, 1.82) is 0 Å². The summed E-state index contributed by atoms with van der Waals surface area (Å²) in [4.78, 5) is 12.4. The average molecular weight is 325 g/mol. The van der Waals surface area contributed by atoms with Crippen molar-refractivity contribution in [3.8, 4) is 5.75 Å². The van der Waals surface area contributed by atoms with Crippen LogP contribution in [-0.2, 0) is 4.74 Å². The van der Waals surface area contributed by atoms with Crippen molar-refractivity contribution in [1.82, 2.24) is 10.6 Å². The molecular formula is C16H21ClN2O3. The van der Waals surface area contributed by atoms with Gasteiger partial charge in [-0.1, -0.05) is 23.3 Å². The third-order valence-corrected chi connectivity index (χ3v) is 3.60. The lowest BCUT2D eigenvalue weighted by Gasteiger charge is -2.16. The molecule has 22 heavy (non-hydrogen) atoms. The predicted molar refractivity (Wildman–Crippen MR) is 86.7 cm³/mol. The highest BCUT2D eigenvalue weighted by Crippen LogP contribution is 2.23. The number of hydrogen-bond acceptors (Lipinski definition) is 4. The van der Waals surface area contributed by atoms with Crippen LogP contribution in [0, 0.1) is 0 Å². The zero-order valence-electron chi connectivity index (χ0n) is 12.7. The number of benzene rings is 1. The van der Waals surface area contributed by atoms with Gasteiger partial charge in [0.2, 0.25) is 0 Å². The van der Waals surface area contributed by atoms with E-state index in [0.29, 0.717) is 36.1 Å². The molecule has 1 aliphatic rings. The molecule has 0 bridgehead atoms. The van der Waals surface area contributed by atoms with Crippen LogP contribution in [0.25, 0.3) is 0 Å². The van der Waals surface area contributed by atoms with Crippen LogP contribution >= 0.6 is 11.6 Å². The van der Waals surface area contributed by atoms with Crippen molar-refractivity contribution in [2.24, 2.45) is 0 Å². The van der Waals surface area contributed by atoms with Crippen LogP contribution in [0.4, 0.5) is 0 Å². The average Bonchev–Trinajstić information content (AvgIpc) is 2.55. The fraction of sp³-hybridized carbons (Fsp3) is 0.438. The zero-order chi connectivity index (χ0) is 15.8. The van der Waals surface area contributed by atoms with Crippen molar-refractivity contribution in [2.75, 3.05) is 40.0 Å². The molecule has 1 heterocycles. The van der Waals surface area contributed by atoms with Crippen LogP contribution in [-0.4, -0.2) is 45.9 Å². The summed E-state index contributed by atoms with van der Waals surface area (Å²) in [5.74, 6) is 0.326. The molecule has 0 unspecified atom stereocenters. The maximum absolute atomic E-state index is 12.4. The van der Waals surface area contributed by atoms with Gasteiger partial charge in [0.15, 0.2) is 0 Å². The molecule has 0 spiro atoms. The van der Waals surface area contributed by atoms with Crippen molar-refractivity contribution >= 4 is 17.5 Å². The molecule has 0 atom stereocenters. The fourth-order valence-electron chi connectivity index (χ4n) is 2.16. The standard InChI is InChI=1S/C16H21ClN2O3/c1-21-8-9-22-15-3-2-13(17)10-14(15)16(20)19-11-12-4-6-18-7-5-12/h2-4,10,18H,5-9,11H2,1H3,(H,19,20). The monoisotopic (exact) mass is 324 g/mol. The Morgan fingerprint density at radius 3 is 3.00 bits per heavy atom. The topological polar surface area (TPSA) is 59.6 Å². The lowest BCUT2D eigenvalue weighted by atomic mass is 10.1. The van der Waals surface area contributed by atoms with Crippen molar-refractivity contribution in [3.63, 3.8) is 0 Å². The maximum atomic E-state index is 12.4. The number of amides is 1. The first kappa shape index (κ1) is 16.8. The summed E-state index contributed by atoms with van der Waals surface area (Å²) < 4.78 is 10.5. The number of halogens is 1. The van der Waals surface area contributed by atoms with Gasteiger partial charge in [0.25, 0.3) is 5.91 Å². The van der Waals surface area contributed by atoms with Gasteiger partial charge >= 0.3 is 0 Å². The van der Waals surface area contributed by atoms with E-state index < -0.39 is 0 Å². The SMILES string of the molecule is COCCOc1ccc(Cl)cc1C(=O)NCC1=CCNCC1. The van der Waals surface area contributed by atoms with E-state index in [-0.39, 0.29) is 5.91 Å². The van der Waals surface area contributed by atoms with Crippen molar-refractivity contribution in [2.45, 2.75) is 6.42 Å². The van der Waals surface area contributed by atoms with E-state index in [1.807, 2.05) is 0 Å². The molecule has 6 heteroatoms. The highest BCUT2D eigenvalue weighted by Gasteiger charge is 2.14. The van der Waals surface area contributed by atoms with Gasteiger partial charge < -0.3 is 20.1 Å². The van der Waals surface area contributed by atoms with Crippen molar-refractivity contribution < 1.29 is 14.3 Å². The molecule has 1 aliphatic heterocycles. The Hall–Kier alpha value is -1.56. The van der Waals surface area contributed by atoms with E-state index in [2.05, 4.69) is 16.7 Å². The molecule has 2 rings (SSSR count). The molecule has 0 radical (unpaired) electrons. The minimum atomic E-state index is -0.186. The molecule has 0 saturated heterocycles. The summed E-state index contributed by atoms with van der Waals surface area (Å²) in [6, 6.07) is 5.03. The van der Waals surface area contributed by atoms with Gasteiger partial charge in [0.1, 0.15) is 12.4 Å². The summed E-state index contributed by atoms with van der Waals surface area (Å²) in [7, 11) is 1.60. The van der Waals surface area contributed by atoms with E-state index >= 15 is 0 Å². The second-order valence-electron chi connectivity index (χ2n) is 4.98. The second-order valence-corrected chi connectivity index (χ2v) is 5.42. The highest BCUT2D eigenvalue weighted by atomic mass is 35.5. The minimum absolute atomic E-state index is 0.186. The van der Waals surface area contributed by atoms with Crippen LogP contribution in [0.15, 0.2) is 29.8 Å². The third-order valence-electron chi connectivity index (χ3n) is 3.37. The molecule has 0 aromatic heterocycles. The van der Waals surface area contributed by atoms with Gasteiger partial charge in [-0.25, -0.2) is 0 Å². The Morgan fingerprint density at radius 2 is 2.27 bits per heavy atom. The first-order valence-electron chi connectivity index (χ1n) is 7.29. The second kappa shape index (κ2) is 8.78. The van der Waals surface area contributed by atoms with Crippen LogP contribution in [0.5, 0.6) is 5.75 Å². The van der Waals surface area contributed by atoms with Gasteiger partial charge in [-0.05, 0) is 31.2 Å². The van der Waals surface area contributed by atoms with E-state index in [0.717, 1.165) is 19.5 Å². The van der Waals surface area contributed by atoms with Gasteiger partial charge in [-0.3, -0.25) is 4.79 Å². The predicted octanol–water partition coefficient (Wildman–Crippen LogP) is 2.01. The van der Waals surface area contributed by atoms with E-state index in [1.54, 1.807) is 25.3 Å². The lowest BCUT2D eigenvalue weighted by Crippen LogP contribution is -2.30. The molecule has 5 nitrogen and oxygen atoms in total. The molecule has 2 N–H and O–H groups in total. The first-order chi connectivity index (χ1) is 10.7. The van der Waals surface area contributed by atoms with Crippen LogP contribution in [0.1, 0.15) is 16.8 Å². The smallest absolute Gasteiger partial charge is 0.255 e. The molecule has 120 valence electrons. The Labute approximate surface area is 135 Å². The first-order valence-corrected chi connectivity index (χ1v) is 7.66. The number of nitrogens with one attached hydrogen (secondary N) is 2. The summed E-state index contributed by atoms with van der Waals surface area (Å²) in [5, 5.41) is 6.67. The van der Waals surface area contributed by atoms with E-state index in [1.165, 1.54) is 5.57 Å². The molecule has 1 amide bonds. The van der Waals surface area contributed by atoms with Crippen LogP contribution in [0.2, 0.25) is 5.02 Å². The molecule has 1 aromatic carbocycles. The number of carbonyl (C=O) groups is 1. The Bertz CT molecular complexity index is 546.